The molecular weight excluding hydrogens is 473 g/mol. The lowest BCUT2D eigenvalue weighted by Crippen LogP contribution is -2.17. The number of rotatable bonds is 7. The van der Waals surface area contributed by atoms with Crippen molar-refractivity contribution >= 4 is 47.0 Å². The highest BCUT2D eigenvalue weighted by atomic mass is 35.5. The first-order valence-corrected chi connectivity index (χ1v) is 9.97. The summed E-state index contributed by atoms with van der Waals surface area (Å²) in [4.78, 5) is 34.8. The zero-order valence-electron chi connectivity index (χ0n) is 17.0. The zero-order valence-corrected chi connectivity index (χ0v) is 18.5. The standard InChI is InChI=1S/C22H15Cl2N3O6/c1-32-20-9-13(12-25-26-21(28)14-3-2-4-16(10-14)27(30)31)5-8-19(20)33-22(29)17-7-6-15(23)11-18(17)24/h2-12H,1H3,(H,26,28)/b25-12+. The Labute approximate surface area is 197 Å². The third kappa shape index (κ3) is 6.06. The van der Waals surface area contributed by atoms with Gasteiger partial charge in [0.2, 0.25) is 0 Å². The smallest absolute Gasteiger partial charge is 0.345 e. The Morgan fingerprint density at radius 3 is 2.55 bits per heavy atom. The molecule has 0 spiro atoms. The van der Waals surface area contributed by atoms with Crippen molar-refractivity contribution in [3.8, 4) is 11.5 Å². The number of non-ortho nitro benzene ring substituents is 1. The molecule has 0 fully saturated rings. The first kappa shape index (κ1) is 23.7. The molecule has 0 unspecified atom stereocenters. The second-order valence-corrected chi connectivity index (χ2v) is 7.27. The number of nitrogens with one attached hydrogen (secondary N) is 1. The predicted octanol–water partition coefficient (Wildman–Crippen LogP) is 4.89. The minimum absolute atomic E-state index is 0.0852. The summed E-state index contributed by atoms with van der Waals surface area (Å²) in [5, 5.41) is 15.2. The Balaban J connectivity index is 1.69. The topological polar surface area (TPSA) is 120 Å². The summed E-state index contributed by atoms with van der Waals surface area (Å²) in [6.45, 7) is 0. The Morgan fingerprint density at radius 1 is 1.06 bits per heavy atom. The average Bonchev–Trinajstić information content (AvgIpc) is 2.79. The molecule has 0 saturated carbocycles. The molecule has 0 radical (unpaired) electrons. The van der Waals surface area contributed by atoms with Crippen molar-refractivity contribution < 1.29 is 24.0 Å². The summed E-state index contributed by atoms with van der Waals surface area (Å²) in [5.41, 5.74) is 2.82. The van der Waals surface area contributed by atoms with Crippen LogP contribution in [-0.2, 0) is 0 Å². The van der Waals surface area contributed by atoms with Crippen LogP contribution in [0.1, 0.15) is 26.3 Å². The summed E-state index contributed by atoms with van der Waals surface area (Å²) in [6.07, 6.45) is 1.33. The first-order valence-electron chi connectivity index (χ1n) is 9.21. The Kier molecular flexibility index (Phi) is 7.60. The molecular formula is C22H15Cl2N3O6. The van der Waals surface area contributed by atoms with Crippen LogP contribution in [0, 0.1) is 10.1 Å². The lowest BCUT2D eigenvalue weighted by atomic mass is 10.2. The van der Waals surface area contributed by atoms with Gasteiger partial charge in [0.15, 0.2) is 11.5 Å². The van der Waals surface area contributed by atoms with Crippen molar-refractivity contribution in [2.75, 3.05) is 7.11 Å². The molecule has 0 aliphatic rings. The summed E-state index contributed by atoms with van der Waals surface area (Å²) >= 11 is 11.9. The van der Waals surface area contributed by atoms with Crippen molar-refractivity contribution in [3.63, 3.8) is 0 Å². The molecule has 9 nitrogen and oxygen atoms in total. The van der Waals surface area contributed by atoms with Crippen LogP contribution in [0.25, 0.3) is 0 Å². The number of halogens is 2. The fraction of sp³-hybridized carbons (Fsp3) is 0.0455. The lowest BCUT2D eigenvalue weighted by Gasteiger charge is -2.10. The monoisotopic (exact) mass is 487 g/mol. The molecule has 0 aliphatic carbocycles. The molecule has 1 amide bonds. The van der Waals surface area contributed by atoms with E-state index >= 15 is 0 Å². The maximum absolute atomic E-state index is 12.4. The Hall–Kier alpha value is -3.95. The number of hydrazone groups is 1. The van der Waals surface area contributed by atoms with Crippen molar-refractivity contribution in [2.45, 2.75) is 0 Å². The van der Waals surface area contributed by atoms with Gasteiger partial charge in [0, 0.05) is 22.7 Å². The van der Waals surface area contributed by atoms with Gasteiger partial charge >= 0.3 is 5.97 Å². The van der Waals surface area contributed by atoms with Crippen LogP contribution in [0.2, 0.25) is 10.0 Å². The van der Waals surface area contributed by atoms with E-state index in [-0.39, 0.29) is 33.3 Å². The summed E-state index contributed by atoms with van der Waals surface area (Å²) in [7, 11) is 1.40. The maximum atomic E-state index is 12.4. The average molecular weight is 488 g/mol. The Morgan fingerprint density at radius 2 is 1.85 bits per heavy atom. The van der Waals surface area contributed by atoms with Crippen LogP contribution in [0.3, 0.4) is 0 Å². The molecule has 0 aliphatic heterocycles. The minimum Gasteiger partial charge on any atom is -0.493 e. The minimum atomic E-state index is -0.694. The number of carbonyl (C=O) groups is 2. The van der Waals surface area contributed by atoms with Gasteiger partial charge in [-0.15, -0.1) is 0 Å². The van der Waals surface area contributed by atoms with Crippen LogP contribution >= 0.6 is 23.2 Å². The molecule has 0 saturated heterocycles. The highest BCUT2D eigenvalue weighted by Gasteiger charge is 2.16. The van der Waals surface area contributed by atoms with E-state index in [4.69, 9.17) is 32.7 Å². The van der Waals surface area contributed by atoms with E-state index in [1.807, 2.05) is 0 Å². The van der Waals surface area contributed by atoms with Crippen molar-refractivity contribution in [2.24, 2.45) is 5.10 Å². The van der Waals surface area contributed by atoms with E-state index in [0.29, 0.717) is 10.6 Å². The van der Waals surface area contributed by atoms with Gasteiger partial charge in [-0.1, -0.05) is 29.3 Å². The van der Waals surface area contributed by atoms with Crippen LogP contribution in [0.5, 0.6) is 11.5 Å². The van der Waals surface area contributed by atoms with E-state index in [0.717, 1.165) is 6.07 Å². The molecule has 3 aromatic rings. The number of methoxy groups -OCH3 is 1. The van der Waals surface area contributed by atoms with Gasteiger partial charge in [0.25, 0.3) is 11.6 Å². The third-order valence-corrected chi connectivity index (χ3v) is 4.79. The number of benzene rings is 3. The molecule has 168 valence electrons. The molecule has 3 rings (SSSR count). The lowest BCUT2D eigenvalue weighted by molar-refractivity contribution is -0.384. The zero-order chi connectivity index (χ0) is 24.0. The molecule has 3 aromatic carbocycles. The molecule has 11 heteroatoms. The van der Waals surface area contributed by atoms with Crippen molar-refractivity contribution in [1.82, 2.24) is 5.43 Å². The number of esters is 1. The van der Waals surface area contributed by atoms with Gasteiger partial charge in [0.1, 0.15) is 0 Å². The van der Waals surface area contributed by atoms with E-state index in [1.165, 1.54) is 61.9 Å². The van der Waals surface area contributed by atoms with Gasteiger partial charge in [-0.05, 0) is 48.0 Å². The molecule has 0 heterocycles. The number of hydrogen-bond acceptors (Lipinski definition) is 7. The third-order valence-electron chi connectivity index (χ3n) is 4.24. The number of carbonyl (C=O) groups excluding carboxylic acids is 2. The SMILES string of the molecule is COc1cc(/C=N/NC(=O)c2cccc([N+](=O)[O-])c2)ccc1OC(=O)c1ccc(Cl)cc1Cl. The molecule has 33 heavy (non-hydrogen) atoms. The number of ether oxygens (including phenoxy) is 2. The molecule has 0 atom stereocenters. The number of hydrogen-bond donors (Lipinski definition) is 1. The normalized spacial score (nSPS) is 10.6. The maximum Gasteiger partial charge on any atom is 0.345 e. The number of nitrogens with zero attached hydrogens (tertiary/aromatic N) is 2. The van der Waals surface area contributed by atoms with Crippen LogP contribution in [-0.4, -0.2) is 30.1 Å². The van der Waals surface area contributed by atoms with Gasteiger partial charge in [0.05, 0.1) is 28.8 Å². The molecule has 0 bridgehead atoms. The summed E-state index contributed by atoms with van der Waals surface area (Å²) in [6, 6.07) is 14.3. The first-order chi connectivity index (χ1) is 15.8. The van der Waals surface area contributed by atoms with E-state index in [2.05, 4.69) is 10.5 Å². The van der Waals surface area contributed by atoms with Gasteiger partial charge in [-0.25, -0.2) is 10.2 Å². The van der Waals surface area contributed by atoms with Gasteiger partial charge in [-0.2, -0.15) is 5.10 Å². The summed E-state index contributed by atoms with van der Waals surface area (Å²) < 4.78 is 10.6. The van der Waals surface area contributed by atoms with Crippen molar-refractivity contribution in [1.29, 1.82) is 0 Å². The van der Waals surface area contributed by atoms with Crippen molar-refractivity contribution in [3.05, 3.63) is 97.5 Å². The second-order valence-electron chi connectivity index (χ2n) is 6.43. The molecule has 0 aromatic heterocycles. The van der Waals surface area contributed by atoms with E-state index < -0.39 is 16.8 Å². The van der Waals surface area contributed by atoms with Crippen LogP contribution in [0.15, 0.2) is 65.8 Å². The molecule has 1 N–H and O–H groups in total. The quantitative estimate of drug-likeness (QED) is 0.166. The van der Waals surface area contributed by atoms with E-state index in [1.54, 1.807) is 6.07 Å². The fourth-order valence-corrected chi connectivity index (χ4v) is 3.14. The second kappa shape index (κ2) is 10.6. The van der Waals surface area contributed by atoms with E-state index in [9.17, 15) is 19.7 Å². The summed E-state index contributed by atoms with van der Waals surface area (Å²) in [5.74, 6) is -0.929. The van der Waals surface area contributed by atoms with Gasteiger partial charge in [-0.3, -0.25) is 14.9 Å². The van der Waals surface area contributed by atoms with Crippen LogP contribution < -0.4 is 14.9 Å². The fourth-order valence-electron chi connectivity index (χ4n) is 2.65. The predicted molar refractivity (Wildman–Crippen MR) is 123 cm³/mol. The number of nitro benzene ring substituents is 1. The largest absolute Gasteiger partial charge is 0.493 e. The van der Waals surface area contributed by atoms with Crippen LogP contribution in [0.4, 0.5) is 5.69 Å². The Bertz CT molecular complexity index is 1260. The highest BCUT2D eigenvalue weighted by molar-refractivity contribution is 6.36. The highest BCUT2D eigenvalue weighted by Crippen LogP contribution is 2.30. The number of amides is 1. The van der Waals surface area contributed by atoms with Gasteiger partial charge < -0.3 is 9.47 Å². The number of nitro groups is 1.